The Morgan fingerprint density at radius 1 is 1.06 bits per heavy atom. The van der Waals surface area contributed by atoms with Crippen LogP contribution in [0.4, 0.5) is 0 Å². The van der Waals surface area contributed by atoms with Gasteiger partial charge in [0, 0.05) is 13.5 Å². The lowest BCUT2D eigenvalue weighted by Crippen LogP contribution is -2.62. The van der Waals surface area contributed by atoms with E-state index >= 15 is 0 Å². The molecule has 4 rings (SSSR count). The zero-order valence-corrected chi connectivity index (χ0v) is 22.3. The summed E-state index contributed by atoms with van der Waals surface area (Å²) in [6, 6.07) is 0. The molecule has 7 heteroatoms. The van der Waals surface area contributed by atoms with E-state index in [1.165, 1.54) is 12.0 Å². The summed E-state index contributed by atoms with van der Waals surface area (Å²) in [5.74, 6) is 1.17. The van der Waals surface area contributed by atoms with Crippen LogP contribution in [0.5, 0.6) is 0 Å². The van der Waals surface area contributed by atoms with Crippen molar-refractivity contribution < 1.29 is 29.6 Å². The predicted octanol–water partition coefficient (Wildman–Crippen LogP) is 3.00. The van der Waals surface area contributed by atoms with E-state index in [1.54, 1.807) is 7.05 Å². The monoisotopic (exact) mass is 492 g/mol. The van der Waals surface area contributed by atoms with Crippen LogP contribution in [0.15, 0.2) is 0 Å². The zero-order valence-electron chi connectivity index (χ0n) is 22.3. The predicted molar refractivity (Wildman–Crippen MR) is 132 cm³/mol. The quantitative estimate of drug-likeness (QED) is 0.492. The van der Waals surface area contributed by atoms with E-state index in [-0.39, 0.29) is 53.2 Å². The molecule has 5 unspecified atom stereocenters. The van der Waals surface area contributed by atoms with Crippen molar-refractivity contribution in [2.45, 2.75) is 96.9 Å². The van der Waals surface area contributed by atoms with Gasteiger partial charge in [0.25, 0.3) is 0 Å². The molecule has 11 atom stereocenters. The molecular formula is C28H47NO6. The topological polar surface area (TPSA) is 107 Å². The molecule has 0 spiro atoms. The smallest absolute Gasteiger partial charge is 0.325 e. The minimum absolute atomic E-state index is 0.0383. The number of nitrogens with zero attached hydrogens (tertiary/aromatic N) is 1. The van der Waals surface area contributed by atoms with Crippen LogP contribution in [0, 0.1) is 46.3 Å². The fourth-order valence-electron chi connectivity index (χ4n) is 9.22. The summed E-state index contributed by atoms with van der Waals surface area (Å²) in [4.78, 5) is 25.5. The van der Waals surface area contributed by atoms with Crippen molar-refractivity contribution in [1.82, 2.24) is 4.90 Å². The molecule has 3 N–H and O–H groups in total. The van der Waals surface area contributed by atoms with Crippen LogP contribution in [0.2, 0.25) is 0 Å². The van der Waals surface area contributed by atoms with Gasteiger partial charge in [-0.2, -0.15) is 0 Å². The molecule has 0 saturated heterocycles. The highest BCUT2D eigenvalue weighted by molar-refractivity contribution is 5.81. The van der Waals surface area contributed by atoms with Crippen LogP contribution in [0.1, 0.15) is 78.6 Å². The molecule has 35 heavy (non-hydrogen) atoms. The first kappa shape index (κ1) is 26.9. The number of carbonyl (C=O) groups is 2. The number of ether oxygens (including phenoxy) is 1. The molecule has 0 bridgehead atoms. The fourth-order valence-corrected chi connectivity index (χ4v) is 9.22. The number of rotatable bonds is 6. The first-order valence-electron chi connectivity index (χ1n) is 13.8. The zero-order chi connectivity index (χ0) is 25.7. The van der Waals surface area contributed by atoms with Crippen LogP contribution in [-0.4, -0.2) is 71.1 Å². The van der Waals surface area contributed by atoms with Gasteiger partial charge in [-0.3, -0.25) is 9.59 Å². The van der Waals surface area contributed by atoms with Crippen molar-refractivity contribution in [3.8, 4) is 0 Å². The molecule has 0 heterocycles. The van der Waals surface area contributed by atoms with Gasteiger partial charge < -0.3 is 25.0 Å². The summed E-state index contributed by atoms with van der Waals surface area (Å²) in [6.07, 6.45) is 6.12. The Bertz CT molecular complexity index is 804. The summed E-state index contributed by atoms with van der Waals surface area (Å²) in [5.41, 5.74) is -0.189. The average Bonchev–Trinajstić information content (AvgIpc) is 3.17. The van der Waals surface area contributed by atoms with E-state index in [9.17, 15) is 24.9 Å². The van der Waals surface area contributed by atoms with Gasteiger partial charge >= 0.3 is 5.97 Å². The van der Waals surface area contributed by atoms with E-state index in [2.05, 4.69) is 25.5 Å². The Labute approximate surface area is 210 Å². The van der Waals surface area contributed by atoms with Gasteiger partial charge in [0.15, 0.2) is 0 Å². The maximum absolute atomic E-state index is 12.6. The number of amides is 1. The third-order valence-electron chi connectivity index (χ3n) is 11.4. The van der Waals surface area contributed by atoms with E-state index in [0.29, 0.717) is 24.2 Å². The number of esters is 1. The normalized spacial score (nSPS) is 45.6. The Morgan fingerprint density at radius 2 is 1.77 bits per heavy atom. The largest absolute Gasteiger partial charge is 0.468 e. The lowest BCUT2D eigenvalue weighted by atomic mass is 9.43. The van der Waals surface area contributed by atoms with E-state index in [0.717, 1.165) is 51.4 Å². The van der Waals surface area contributed by atoms with Gasteiger partial charge in [-0.15, -0.1) is 0 Å². The maximum Gasteiger partial charge on any atom is 0.325 e. The average molecular weight is 493 g/mol. The molecule has 4 aliphatic rings. The van der Waals surface area contributed by atoms with Crippen LogP contribution in [0.3, 0.4) is 0 Å². The van der Waals surface area contributed by atoms with Gasteiger partial charge in [-0.1, -0.05) is 20.8 Å². The number of aliphatic hydroxyl groups excluding tert-OH is 3. The molecular weight excluding hydrogens is 445 g/mol. The lowest BCUT2D eigenvalue weighted by molar-refractivity contribution is -0.207. The van der Waals surface area contributed by atoms with Crippen molar-refractivity contribution >= 4 is 11.9 Å². The molecule has 0 aromatic carbocycles. The van der Waals surface area contributed by atoms with Crippen molar-refractivity contribution in [1.29, 1.82) is 0 Å². The molecule has 1 amide bonds. The molecule has 0 aromatic heterocycles. The van der Waals surface area contributed by atoms with Crippen LogP contribution >= 0.6 is 0 Å². The molecule has 0 aliphatic heterocycles. The Kier molecular flexibility index (Phi) is 7.63. The third kappa shape index (κ3) is 4.54. The van der Waals surface area contributed by atoms with Gasteiger partial charge in [0.1, 0.15) is 6.54 Å². The van der Waals surface area contributed by atoms with Gasteiger partial charge in [0.2, 0.25) is 5.91 Å². The summed E-state index contributed by atoms with van der Waals surface area (Å²) >= 11 is 0. The van der Waals surface area contributed by atoms with Crippen LogP contribution in [-0.2, 0) is 14.3 Å². The molecule has 4 aliphatic carbocycles. The Hall–Kier alpha value is -1.18. The first-order valence-corrected chi connectivity index (χ1v) is 13.8. The minimum atomic E-state index is -0.422. The van der Waals surface area contributed by atoms with Crippen molar-refractivity contribution in [2.75, 3.05) is 20.7 Å². The van der Waals surface area contributed by atoms with Crippen molar-refractivity contribution in [3.63, 3.8) is 0 Å². The first-order chi connectivity index (χ1) is 16.4. The van der Waals surface area contributed by atoms with Gasteiger partial charge in [0.05, 0.1) is 25.4 Å². The highest BCUT2D eigenvalue weighted by Crippen LogP contribution is 2.68. The van der Waals surface area contributed by atoms with Gasteiger partial charge in [-0.05, 0) is 97.7 Å². The summed E-state index contributed by atoms with van der Waals surface area (Å²) in [5, 5.41) is 33.4. The molecule has 4 fully saturated rings. The maximum atomic E-state index is 12.6. The summed E-state index contributed by atoms with van der Waals surface area (Å²) < 4.78 is 4.67. The second-order valence-electron chi connectivity index (χ2n) is 12.9. The highest BCUT2D eigenvalue weighted by atomic mass is 16.5. The molecule has 0 aromatic rings. The van der Waals surface area contributed by atoms with Crippen LogP contribution in [0.25, 0.3) is 0 Å². The van der Waals surface area contributed by atoms with E-state index < -0.39 is 12.1 Å². The number of methoxy groups -OCH3 is 1. The summed E-state index contributed by atoms with van der Waals surface area (Å²) in [7, 11) is 2.95. The standard InChI is InChI=1S/C28H47NO6/c1-16(6-9-24(33)29(4)15-25(34)35-5)19-7-8-20-26-21(14-23(32)28(19,20)3)27(2)11-10-18(30)12-17(27)13-22(26)31/h16-23,26,30-32H,6-15H2,1-5H3/t16-,17?,18-,19-,20?,21?,22?,23+,26?,27+,28-/m1/s1/i4-1. The van der Waals surface area contributed by atoms with Gasteiger partial charge in [-0.25, -0.2) is 0 Å². The number of likely N-dealkylation sites (N-methyl/N-ethyl adjacent to an activating group) is 1. The number of hydrogen-bond acceptors (Lipinski definition) is 6. The second-order valence-corrected chi connectivity index (χ2v) is 12.9. The fraction of sp³-hybridized carbons (Fsp3) is 0.929. The molecule has 7 nitrogen and oxygen atoms in total. The van der Waals surface area contributed by atoms with Crippen LogP contribution < -0.4 is 0 Å². The third-order valence-corrected chi connectivity index (χ3v) is 11.4. The number of hydrogen-bond donors (Lipinski definition) is 3. The minimum Gasteiger partial charge on any atom is -0.468 e. The molecule has 4 saturated carbocycles. The second kappa shape index (κ2) is 9.94. The lowest BCUT2D eigenvalue weighted by Gasteiger charge is -2.63. The highest BCUT2D eigenvalue weighted by Gasteiger charge is 2.65. The molecule has 200 valence electrons. The van der Waals surface area contributed by atoms with Crippen molar-refractivity contribution in [2.24, 2.45) is 46.3 Å². The Morgan fingerprint density at radius 3 is 2.46 bits per heavy atom. The SMILES string of the molecule is COC(=O)CN([11CH3])C(=O)CC[C@@H](C)[C@H]1CCC2C3C(O)CC4C[C@H](O)CC[C@]4(C)C3C[C@H](O)[C@@]21C. The molecule has 0 radical (unpaired) electrons. The number of fused-ring (bicyclic) bond motifs is 5. The number of aliphatic hydroxyl groups is 3. The summed E-state index contributed by atoms with van der Waals surface area (Å²) in [6.45, 7) is 6.75. The van der Waals surface area contributed by atoms with Crippen molar-refractivity contribution in [3.05, 3.63) is 0 Å². The van der Waals surface area contributed by atoms with E-state index in [4.69, 9.17) is 0 Å². The number of carbonyl (C=O) groups excluding carboxylic acids is 2. The van der Waals surface area contributed by atoms with E-state index in [1.807, 2.05) is 0 Å². The Balaban J connectivity index is 1.47.